The van der Waals surface area contributed by atoms with Crippen LogP contribution in [0.5, 0.6) is 5.75 Å². The van der Waals surface area contributed by atoms with Crippen LogP contribution >= 0.6 is 0 Å². The summed E-state index contributed by atoms with van der Waals surface area (Å²) < 4.78 is 40.5. The molecule has 0 saturated heterocycles. The normalized spacial score (nSPS) is 11.2. The number of alkyl halides is 3. The van der Waals surface area contributed by atoms with E-state index < -0.39 is 25.2 Å². The van der Waals surface area contributed by atoms with Gasteiger partial charge in [0.25, 0.3) is 0 Å². The summed E-state index contributed by atoms with van der Waals surface area (Å²) in [6.45, 7) is -0.669. The number of carbonyl (C=O) groups is 1. The Morgan fingerprint density at radius 3 is 2.59 bits per heavy atom. The zero-order valence-electron chi connectivity index (χ0n) is 8.62. The molecule has 1 rings (SSSR count). The number of ether oxygens (including phenoxy) is 1. The monoisotopic (exact) mass is 249 g/mol. The van der Waals surface area contributed by atoms with Crippen LogP contribution < -0.4 is 10.5 Å². The average Bonchev–Trinajstić information content (AvgIpc) is 2.18. The van der Waals surface area contributed by atoms with Crippen molar-refractivity contribution in [2.45, 2.75) is 12.6 Å². The van der Waals surface area contributed by atoms with Gasteiger partial charge < -0.3 is 15.6 Å². The van der Waals surface area contributed by atoms with E-state index in [0.29, 0.717) is 0 Å². The molecule has 0 radical (unpaired) electrons. The van der Waals surface area contributed by atoms with Crippen LogP contribution in [0.25, 0.3) is 0 Å². The highest BCUT2D eigenvalue weighted by atomic mass is 19.4. The van der Waals surface area contributed by atoms with Crippen molar-refractivity contribution in [3.8, 4) is 5.75 Å². The fourth-order valence-electron chi connectivity index (χ4n) is 1.15. The molecule has 3 N–H and O–H groups in total. The molecule has 0 atom stereocenters. The van der Waals surface area contributed by atoms with Crippen LogP contribution in [0.1, 0.15) is 16.8 Å². The van der Waals surface area contributed by atoms with Crippen LogP contribution in [0.3, 0.4) is 0 Å². The van der Waals surface area contributed by atoms with E-state index in [1.165, 1.54) is 18.2 Å². The number of halogens is 3. The first-order valence-electron chi connectivity index (χ1n) is 4.62. The highest BCUT2D eigenvalue weighted by Crippen LogP contribution is 2.27. The van der Waals surface area contributed by atoms with Gasteiger partial charge in [0.15, 0.2) is 5.75 Å². The van der Waals surface area contributed by atoms with Crippen molar-refractivity contribution in [1.29, 1.82) is 0 Å². The Balaban J connectivity index is 2.79. The third-order valence-electron chi connectivity index (χ3n) is 1.91. The highest BCUT2D eigenvalue weighted by molar-refractivity contribution is 5.93. The SMILES string of the molecule is Nc1cccc(C(=O)O)c1OCCC(F)(F)F. The standard InChI is InChI=1S/C10H10F3NO3/c11-10(12,13)4-5-17-8-6(9(15)16)2-1-3-7(8)14/h1-3H,4-5,14H2,(H,15,16). The van der Waals surface area contributed by atoms with E-state index in [2.05, 4.69) is 0 Å². The Labute approximate surface area is 94.8 Å². The van der Waals surface area contributed by atoms with Gasteiger partial charge in [0.1, 0.15) is 5.56 Å². The third-order valence-corrected chi connectivity index (χ3v) is 1.91. The zero-order valence-corrected chi connectivity index (χ0v) is 8.62. The van der Waals surface area contributed by atoms with Crippen LogP contribution in [0.4, 0.5) is 18.9 Å². The smallest absolute Gasteiger partial charge is 0.392 e. The summed E-state index contributed by atoms with van der Waals surface area (Å²) in [6, 6.07) is 3.95. The number of nitrogens with two attached hydrogens (primary N) is 1. The maximum Gasteiger partial charge on any atom is 0.392 e. The Kier molecular flexibility index (Phi) is 3.82. The third kappa shape index (κ3) is 3.86. The Bertz CT molecular complexity index is 418. The number of nitrogen functional groups attached to an aromatic ring is 1. The molecular weight excluding hydrogens is 239 g/mol. The highest BCUT2D eigenvalue weighted by Gasteiger charge is 2.27. The summed E-state index contributed by atoms with van der Waals surface area (Å²) in [5.74, 6) is -1.54. The molecule has 0 saturated carbocycles. The van der Waals surface area contributed by atoms with Crippen molar-refractivity contribution >= 4 is 11.7 Å². The summed E-state index contributed by atoms with van der Waals surface area (Å²) in [5, 5.41) is 8.79. The molecule has 1 aromatic rings. The second kappa shape index (κ2) is 4.94. The van der Waals surface area contributed by atoms with Crippen molar-refractivity contribution < 1.29 is 27.8 Å². The Morgan fingerprint density at radius 1 is 1.41 bits per heavy atom. The first kappa shape index (κ1) is 13.1. The van der Waals surface area contributed by atoms with Gasteiger partial charge in [-0.15, -0.1) is 0 Å². The molecule has 4 nitrogen and oxygen atoms in total. The molecule has 0 aliphatic rings. The summed E-state index contributed by atoms with van der Waals surface area (Å²) in [4.78, 5) is 10.8. The number of hydrogen-bond donors (Lipinski definition) is 2. The number of carboxylic acid groups (broad SMARTS) is 1. The second-order valence-corrected chi connectivity index (χ2v) is 3.24. The van der Waals surface area contributed by atoms with E-state index in [1.807, 2.05) is 0 Å². The molecule has 0 spiro atoms. The molecule has 7 heteroatoms. The number of benzene rings is 1. The molecule has 1 aromatic carbocycles. The predicted octanol–water partition coefficient (Wildman–Crippen LogP) is 2.30. The number of rotatable bonds is 4. The fourth-order valence-corrected chi connectivity index (χ4v) is 1.15. The molecule has 0 aromatic heterocycles. The minimum atomic E-state index is -4.35. The molecule has 0 aliphatic heterocycles. The maximum absolute atomic E-state index is 11.9. The van der Waals surface area contributed by atoms with Crippen molar-refractivity contribution in [3.63, 3.8) is 0 Å². The lowest BCUT2D eigenvalue weighted by Gasteiger charge is -2.12. The van der Waals surface area contributed by atoms with Gasteiger partial charge in [-0.25, -0.2) is 4.79 Å². The van der Waals surface area contributed by atoms with Crippen molar-refractivity contribution in [2.75, 3.05) is 12.3 Å². The molecule has 17 heavy (non-hydrogen) atoms. The summed E-state index contributed by atoms with van der Waals surface area (Å²) in [7, 11) is 0. The van der Waals surface area contributed by atoms with Gasteiger partial charge >= 0.3 is 12.1 Å². The van der Waals surface area contributed by atoms with E-state index in [1.54, 1.807) is 0 Å². The van der Waals surface area contributed by atoms with E-state index in [9.17, 15) is 18.0 Å². The van der Waals surface area contributed by atoms with E-state index in [4.69, 9.17) is 15.6 Å². The van der Waals surface area contributed by atoms with Crippen molar-refractivity contribution in [3.05, 3.63) is 23.8 Å². The van der Waals surface area contributed by atoms with Crippen LogP contribution in [0.2, 0.25) is 0 Å². The number of carboxylic acids is 1. The van der Waals surface area contributed by atoms with Gasteiger partial charge in [-0.05, 0) is 12.1 Å². The maximum atomic E-state index is 11.9. The largest absolute Gasteiger partial charge is 0.490 e. The molecule has 0 heterocycles. The van der Waals surface area contributed by atoms with Crippen LogP contribution in [0, 0.1) is 0 Å². The topological polar surface area (TPSA) is 72.6 Å². The Hall–Kier alpha value is -1.92. The zero-order chi connectivity index (χ0) is 13.1. The minimum absolute atomic E-state index is 0.00734. The van der Waals surface area contributed by atoms with Gasteiger partial charge in [0, 0.05) is 0 Å². The molecule has 94 valence electrons. The second-order valence-electron chi connectivity index (χ2n) is 3.24. The first-order chi connectivity index (χ1) is 7.81. The molecule has 0 aliphatic carbocycles. The molecular formula is C10H10F3NO3. The molecule has 0 fully saturated rings. The van der Waals surface area contributed by atoms with Gasteiger partial charge in [-0.3, -0.25) is 0 Å². The minimum Gasteiger partial charge on any atom is -0.490 e. The summed E-state index contributed by atoms with van der Waals surface area (Å²) in [6.07, 6.45) is -5.52. The summed E-state index contributed by atoms with van der Waals surface area (Å²) >= 11 is 0. The van der Waals surface area contributed by atoms with E-state index in [0.717, 1.165) is 0 Å². The first-order valence-corrected chi connectivity index (χ1v) is 4.62. The van der Waals surface area contributed by atoms with Gasteiger partial charge in [-0.2, -0.15) is 13.2 Å². The number of hydrogen-bond acceptors (Lipinski definition) is 3. The molecule has 0 amide bonds. The van der Waals surface area contributed by atoms with E-state index >= 15 is 0 Å². The van der Waals surface area contributed by atoms with Crippen LogP contribution in [-0.4, -0.2) is 23.9 Å². The number of aromatic carboxylic acids is 1. The average molecular weight is 249 g/mol. The Morgan fingerprint density at radius 2 is 2.06 bits per heavy atom. The lowest BCUT2D eigenvalue weighted by Crippen LogP contribution is -2.14. The number of anilines is 1. The van der Waals surface area contributed by atoms with Gasteiger partial charge in [0.2, 0.25) is 0 Å². The van der Waals surface area contributed by atoms with Crippen molar-refractivity contribution in [1.82, 2.24) is 0 Å². The van der Waals surface area contributed by atoms with Crippen molar-refractivity contribution in [2.24, 2.45) is 0 Å². The van der Waals surface area contributed by atoms with Crippen LogP contribution in [-0.2, 0) is 0 Å². The lowest BCUT2D eigenvalue weighted by atomic mass is 10.2. The lowest BCUT2D eigenvalue weighted by molar-refractivity contribution is -0.139. The van der Waals surface area contributed by atoms with Gasteiger partial charge in [-0.1, -0.05) is 6.07 Å². The van der Waals surface area contributed by atoms with Gasteiger partial charge in [0.05, 0.1) is 18.7 Å². The van der Waals surface area contributed by atoms with E-state index in [-0.39, 0.29) is 17.0 Å². The van der Waals surface area contributed by atoms with Crippen LogP contribution in [0.15, 0.2) is 18.2 Å². The molecule has 0 bridgehead atoms. The number of para-hydroxylation sites is 1. The quantitative estimate of drug-likeness (QED) is 0.803. The molecule has 0 unspecified atom stereocenters. The predicted molar refractivity (Wildman–Crippen MR) is 54.0 cm³/mol. The summed E-state index contributed by atoms with van der Waals surface area (Å²) in [5.41, 5.74) is 5.17. The fraction of sp³-hybridized carbons (Fsp3) is 0.300.